The molecule has 1 aromatic carbocycles. The van der Waals surface area contributed by atoms with Gasteiger partial charge in [0, 0.05) is 5.02 Å². The van der Waals surface area contributed by atoms with Crippen LogP contribution in [0.25, 0.3) is 11.3 Å². The molecule has 0 fully saturated rings. The number of hydrogen-bond acceptors (Lipinski definition) is 4. The summed E-state index contributed by atoms with van der Waals surface area (Å²) < 4.78 is 10.9. The Bertz CT molecular complexity index is 528. The lowest BCUT2D eigenvalue weighted by Gasteiger charge is -2.05. The normalized spacial score (nSPS) is 10.4. The van der Waals surface area contributed by atoms with E-state index in [0.29, 0.717) is 26.6 Å². The Morgan fingerprint density at radius 3 is 2.81 bits per heavy atom. The molecular formula is C10H8BrClN2O2. The number of nitrogen functional groups attached to an aromatic ring is 1. The molecule has 0 amide bonds. The summed E-state index contributed by atoms with van der Waals surface area (Å²) in [7, 11) is 1.57. The quantitative estimate of drug-likeness (QED) is 0.924. The maximum Gasteiger partial charge on any atom is 0.187 e. The lowest BCUT2D eigenvalue weighted by atomic mass is 10.1. The zero-order valence-electron chi connectivity index (χ0n) is 8.33. The smallest absolute Gasteiger partial charge is 0.187 e. The SMILES string of the molecule is COc1ccc(Cl)cc1-c1onc(N)c1Br. The zero-order valence-corrected chi connectivity index (χ0v) is 10.7. The van der Waals surface area contributed by atoms with E-state index in [1.54, 1.807) is 25.3 Å². The fraction of sp³-hybridized carbons (Fsp3) is 0.100. The van der Waals surface area contributed by atoms with Gasteiger partial charge in [0.1, 0.15) is 10.2 Å². The molecule has 6 heteroatoms. The molecule has 0 radical (unpaired) electrons. The average molecular weight is 304 g/mol. The van der Waals surface area contributed by atoms with E-state index < -0.39 is 0 Å². The lowest BCUT2D eigenvalue weighted by Crippen LogP contribution is -1.88. The van der Waals surface area contributed by atoms with Crippen molar-refractivity contribution in [2.24, 2.45) is 0 Å². The van der Waals surface area contributed by atoms with Gasteiger partial charge in [0.25, 0.3) is 0 Å². The van der Waals surface area contributed by atoms with Gasteiger partial charge in [-0.25, -0.2) is 0 Å². The van der Waals surface area contributed by atoms with Crippen LogP contribution in [0.2, 0.25) is 5.02 Å². The van der Waals surface area contributed by atoms with Crippen LogP contribution in [0.15, 0.2) is 27.2 Å². The molecule has 0 aliphatic carbocycles. The Morgan fingerprint density at radius 2 is 2.25 bits per heavy atom. The fourth-order valence-corrected chi connectivity index (χ4v) is 1.85. The van der Waals surface area contributed by atoms with Crippen molar-refractivity contribution in [1.82, 2.24) is 5.16 Å². The van der Waals surface area contributed by atoms with Gasteiger partial charge < -0.3 is 15.0 Å². The van der Waals surface area contributed by atoms with E-state index >= 15 is 0 Å². The first-order valence-electron chi connectivity index (χ1n) is 4.38. The Balaban J connectivity index is 2.62. The molecule has 0 unspecified atom stereocenters. The second-order valence-corrected chi connectivity index (χ2v) is 4.28. The van der Waals surface area contributed by atoms with Gasteiger partial charge in [0.2, 0.25) is 0 Å². The van der Waals surface area contributed by atoms with Gasteiger partial charge in [-0.2, -0.15) is 0 Å². The minimum atomic E-state index is 0.289. The Labute approximate surface area is 105 Å². The van der Waals surface area contributed by atoms with Crippen LogP contribution in [-0.2, 0) is 0 Å². The standard InChI is InChI=1S/C10H8BrClN2O2/c1-15-7-3-2-5(12)4-6(7)9-8(11)10(13)14-16-9/h2-4H,1H3,(H2,13,14). The predicted octanol–water partition coefficient (Wildman–Crippen LogP) is 3.35. The molecule has 0 saturated carbocycles. The highest BCUT2D eigenvalue weighted by Gasteiger charge is 2.17. The highest BCUT2D eigenvalue weighted by molar-refractivity contribution is 9.10. The lowest BCUT2D eigenvalue weighted by molar-refractivity contribution is 0.407. The van der Waals surface area contributed by atoms with Gasteiger partial charge in [0.05, 0.1) is 12.7 Å². The fourth-order valence-electron chi connectivity index (χ4n) is 1.32. The Hall–Kier alpha value is -1.20. The Morgan fingerprint density at radius 1 is 1.50 bits per heavy atom. The molecular weight excluding hydrogens is 295 g/mol. The number of anilines is 1. The molecule has 1 aromatic heterocycles. The number of halogens is 2. The highest BCUT2D eigenvalue weighted by Crippen LogP contribution is 2.38. The van der Waals surface area contributed by atoms with Crippen molar-refractivity contribution in [3.05, 3.63) is 27.7 Å². The second kappa shape index (κ2) is 4.35. The summed E-state index contributed by atoms with van der Waals surface area (Å²) in [6.45, 7) is 0. The van der Waals surface area contributed by atoms with Gasteiger partial charge in [-0.3, -0.25) is 0 Å². The predicted molar refractivity (Wildman–Crippen MR) is 65.6 cm³/mol. The summed E-state index contributed by atoms with van der Waals surface area (Å²) in [5.74, 6) is 1.43. The monoisotopic (exact) mass is 302 g/mol. The number of methoxy groups -OCH3 is 1. The Kier molecular flexibility index (Phi) is 3.07. The van der Waals surface area contributed by atoms with Crippen LogP contribution in [0.5, 0.6) is 5.75 Å². The van der Waals surface area contributed by atoms with Gasteiger partial charge in [-0.1, -0.05) is 16.8 Å². The number of nitrogens with zero attached hydrogens (tertiary/aromatic N) is 1. The molecule has 16 heavy (non-hydrogen) atoms. The average Bonchev–Trinajstić information content (AvgIpc) is 2.60. The first-order valence-corrected chi connectivity index (χ1v) is 5.55. The minimum Gasteiger partial charge on any atom is -0.496 e. The zero-order chi connectivity index (χ0) is 11.7. The van der Waals surface area contributed by atoms with Crippen molar-refractivity contribution >= 4 is 33.3 Å². The molecule has 2 N–H and O–H groups in total. The molecule has 84 valence electrons. The first kappa shape index (κ1) is 11.3. The second-order valence-electron chi connectivity index (χ2n) is 3.06. The van der Waals surface area contributed by atoms with E-state index in [4.69, 9.17) is 26.6 Å². The van der Waals surface area contributed by atoms with Crippen LogP contribution in [-0.4, -0.2) is 12.3 Å². The van der Waals surface area contributed by atoms with Gasteiger partial charge in [-0.15, -0.1) is 0 Å². The van der Waals surface area contributed by atoms with E-state index in [0.717, 1.165) is 0 Å². The van der Waals surface area contributed by atoms with Crippen LogP contribution >= 0.6 is 27.5 Å². The number of rotatable bonds is 2. The third-order valence-corrected chi connectivity index (χ3v) is 3.07. The number of aromatic nitrogens is 1. The van der Waals surface area contributed by atoms with Crippen LogP contribution in [0.4, 0.5) is 5.82 Å². The van der Waals surface area contributed by atoms with Crippen molar-refractivity contribution in [1.29, 1.82) is 0 Å². The van der Waals surface area contributed by atoms with Crippen molar-refractivity contribution in [2.45, 2.75) is 0 Å². The van der Waals surface area contributed by atoms with Crippen molar-refractivity contribution in [3.8, 4) is 17.1 Å². The highest BCUT2D eigenvalue weighted by atomic mass is 79.9. The van der Waals surface area contributed by atoms with Crippen molar-refractivity contribution in [3.63, 3.8) is 0 Å². The van der Waals surface area contributed by atoms with E-state index in [-0.39, 0.29) is 5.82 Å². The van der Waals surface area contributed by atoms with E-state index in [9.17, 15) is 0 Å². The third kappa shape index (κ3) is 1.88. The molecule has 0 bridgehead atoms. The largest absolute Gasteiger partial charge is 0.496 e. The summed E-state index contributed by atoms with van der Waals surface area (Å²) in [4.78, 5) is 0. The molecule has 4 nitrogen and oxygen atoms in total. The van der Waals surface area contributed by atoms with Crippen LogP contribution in [0.1, 0.15) is 0 Å². The maximum absolute atomic E-state index is 5.92. The maximum atomic E-state index is 5.92. The minimum absolute atomic E-state index is 0.289. The molecule has 2 rings (SSSR count). The third-order valence-electron chi connectivity index (χ3n) is 2.07. The van der Waals surface area contributed by atoms with Gasteiger partial charge in [0.15, 0.2) is 11.6 Å². The first-order chi connectivity index (χ1) is 7.63. The topological polar surface area (TPSA) is 61.3 Å². The molecule has 0 aliphatic rings. The molecule has 0 atom stereocenters. The van der Waals surface area contributed by atoms with Gasteiger partial charge in [-0.05, 0) is 34.1 Å². The summed E-state index contributed by atoms with van der Waals surface area (Å²) in [5.41, 5.74) is 6.28. The van der Waals surface area contributed by atoms with Crippen LogP contribution in [0, 0.1) is 0 Å². The number of hydrogen-bond donors (Lipinski definition) is 1. The van der Waals surface area contributed by atoms with E-state index in [1.165, 1.54) is 0 Å². The summed E-state index contributed by atoms with van der Waals surface area (Å²) in [5, 5.41) is 4.24. The van der Waals surface area contributed by atoms with E-state index in [2.05, 4.69) is 21.1 Å². The molecule has 2 aromatic rings. The number of ether oxygens (including phenoxy) is 1. The van der Waals surface area contributed by atoms with Crippen LogP contribution < -0.4 is 10.5 Å². The molecule has 0 spiro atoms. The molecule has 1 heterocycles. The summed E-state index contributed by atoms with van der Waals surface area (Å²) in [6, 6.07) is 5.21. The number of benzene rings is 1. The number of nitrogens with two attached hydrogens (primary N) is 1. The molecule has 0 saturated heterocycles. The van der Waals surface area contributed by atoms with Crippen LogP contribution in [0.3, 0.4) is 0 Å². The summed E-state index contributed by atoms with van der Waals surface area (Å²) >= 11 is 9.21. The molecule has 0 aliphatic heterocycles. The summed E-state index contributed by atoms with van der Waals surface area (Å²) in [6.07, 6.45) is 0. The van der Waals surface area contributed by atoms with Gasteiger partial charge >= 0.3 is 0 Å². The van der Waals surface area contributed by atoms with Crippen molar-refractivity contribution < 1.29 is 9.26 Å². The van der Waals surface area contributed by atoms with Crippen molar-refractivity contribution in [2.75, 3.05) is 12.8 Å². The van der Waals surface area contributed by atoms with E-state index in [1.807, 2.05) is 0 Å².